The van der Waals surface area contributed by atoms with Gasteiger partial charge in [-0.25, -0.2) is 4.98 Å². The normalized spacial score (nSPS) is 17.3. The number of rotatable bonds is 4. The molecule has 1 aliphatic heterocycles. The van der Waals surface area contributed by atoms with Crippen LogP contribution in [0.3, 0.4) is 0 Å². The highest BCUT2D eigenvalue weighted by molar-refractivity contribution is 5.75. The third-order valence-corrected chi connectivity index (χ3v) is 4.65. The number of nitrogens with zero attached hydrogens (tertiary/aromatic N) is 5. The lowest BCUT2D eigenvalue weighted by Gasteiger charge is -2.23. The first-order chi connectivity index (χ1) is 12.3. The quantitative estimate of drug-likeness (QED) is 0.770. The molecule has 1 aliphatic rings. The highest BCUT2D eigenvalue weighted by atomic mass is 16.3. The average molecular weight is 337 g/mol. The molecule has 0 spiro atoms. The third kappa shape index (κ3) is 2.98. The van der Waals surface area contributed by atoms with E-state index in [1.54, 1.807) is 35.3 Å². The molecular formula is C18H19N5O2. The fourth-order valence-corrected chi connectivity index (χ4v) is 3.31. The predicted octanol–water partition coefficient (Wildman–Crippen LogP) is 1.20. The van der Waals surface area contributed by atoms with E-state index >= 15 is 0 Å². The number of aliphatic hydroxyl groups is 1. The minimum Gasteiger partial charge on any atom is -0.394 e. The van der Waals surface area contributed by atoms with E-state index in [0.29, 0.717) is 18.1 Å². The fraction of sp³-hybridized carbons (Fsp3) is 0.333. The van der Waals surface area contributed by atoms with Gasteiger partial charge in [-0.05, 0) is 36.6 Å². The summed E-state index contributed by atoms with van der Waals surface area (Å²) in [5.41, 5.74) is 1.49. The average Bonchev–Trinajstić information content (AvgIpc) is 3.13. The molecule has 128 valence electrons. The van der Waals surface area contributed by atoms with Crippen LogP contribution in [-0.4, -0.2) is 43.8 Å². The molecule has 0 amide bonds. The van der Waals surface area contributed by atoms with Crippen LogP contribution in [0, 0.1) is 0 Å². The Bertz CT molecular complexity index is 941. The molecule has 4 heterocycles. The van der Waals surface area contributed by atoms with Gasteiger partial charge in [0.15, 0.2) is 0 Å². The van der Waals surface area contributed by atoms with Gasteiger partial charge >= 0.3 is 0 Å². The van der Waals surface area contributed by atoms with E-state index in [-0.39, 0.29) is 18.2 Å². The predicted molar refractivity (Wildman–Crippen MR) is 94.6 cm³/mol. The van der Waals surface area contributed by atoms with Crippen LogP contribution in [0.25, 0.3) is 11.0 Å². The number of hydrogen-bond acceptors (Lipinski definition) is 6. The molecular weight excluding hydrogens is 318 g/mol. The van der Waals surface area contributed by atoms with Crippen LogP contribution < -0.4 is 10.5 Å². The van der Waals surface area contributed by atoms with E-state index in [0.717, 1.165) is 30.3 Å². The first-order valence-electron chi connectivity index (χ1n) is 8.39. The molecule has 1 N–H and O–H groups in total. The third-order valence-electron chi connectivity index (χ3n) is 4.65. The van der Waals surface area contributed by atoms with Gasteiger partial charge in [0.25, 0.3) is 5.56 Å². The molecule has 0 bridgehead atoms. The van der Waals surface area contributed by atoms with Gasteiger partial charge in [-0.3, -0.25) is 14.3 Å². The van der Waals surface area contributed by atoms with Crippen molar-refractivity contribution in [2.75, 3.05) is 18.1 Å². The number of aromatic nitrogens is 4. The fourth-order valence-electron chi connectivity index (χ4n) is 3.31. The van der Waals surface area contributed by atoms with Gasteiger partial charge in [0.1, 0.15) is 5.65 Å². The first kappa shape index (κ1) is 15.7. The molecule has 0 aliphatic carbocycles. The van der Waals surface area contributed by atoms with Crippen LogP contribution >= 0.6 is 0 Å². The van der Waals surface area contributed by atoms with Gasteiger partial charge in [-0.15, -0.1) is 0 Å². The molecule has 3 aromatic heterocycles. The van der Waals surface area contributed by atoms with E-state index in [4.69, 9.17) is 0 Å². The SMILES string of the molecule is O=c1ccc2cnc(N3CCC[C@H]3CO)nc2n1Cc1ccncc1. The minimum atomic E-state index is -0.103. The van der Waals surface area contributed by atoms with E-state index in [1.165, 1.54) is 0 Å². The van der Waals surface area contributed by atoms with Crippen molar-refractivity contribution >= 4 is 17.0 Å². The smallest absolute Gasteiger partial charge is 0.252 e. The molecule has 1 fully saturated rings. The number of hydrogen-bond donors (Lipinski definition) is 1. The second kappa shape index (κ2) is 6.60. The van der Waals surface area contributed by atoms with Crippen LogP contribution in [0.5, 0.6) is 0 Å². The van der Waals surface area contributed by atoms with Crippen molar-refractivity contribution in [1.82, 2.24) is 19.5 Å². The Morgan fingerprint density at radius 2 is 2.04 bits per heavy atom. The van der Waals surface area contributed by atoms with Gasteiger partial charge in [-0.2, -0.15) is 4.98 Å². The van der Waals surface area contributed by atoms with Crippen molar-refractivity contribution < 1.29 is 5.11 Å². The lowest BCUT2D eigenvalue weighted by Crippen LogP contribution is -2.33. The van der Waals surface area contributed by atoms with Crippen molar-refractivity contribution in [3.8, 4) is 0 Å². The maximum absolute atomic E-state index is 12.4. The molecule has 7 heteroatoms. The number of pyridine rings is 2. The highest BCUT2D eigenvalue weighted by Gasteiger charge is 2.26. The maximum Gasteiger partial charge on any atom is 0.252 e. The summed E-state index contributed by atoms with van der Waals surface area (Å²) in [7, 11) is 0. The number of fused-ring (bicyclic) bond motifs is 1. The molecule has 0 aromatic carbocycles. The summed E-state index contributed by atoms with van der Waals surface area (Å²) in [4.78, 5) is 27.6. The van der Waals surface area contributed by atoms with Crippen molar-refractivity contribution in [2.24, 2.45) is 0 Å². The second-order valence-corrected chi connectivity index (χ2v) is 6.23. The van der Waals surface area contributed by atoms with E-state index in [2.05, 4.69) is 15.0 Å². The Kier molecular flexibility index (Phi) is 4.15. The summed E-state index contributed by atoms with van der Waals surface area (Å²) in [5, 5.41) is 10.4. The summed E-state index contributed by atoms with van der Waals surface area (Å²) in [6, 6.07) is 7.10. The Morgan fingerprint density at radius 1 is 1.20 bits per heavy atom. The minimum absolute atomic E-state index is 0.0431. The van der Waals surface area contributed by atoms with E-state index < -0.39 is 0 Å². The Hall–Kier alpha value is -2.80. The second-order valence-electron chi connectivity index (χ2n) is 6.23. The maximum atomic E-state index is 12.4. The molecule has 4 rings (SSSR count). The summed E-state index contributed by atoms with van der Waals surface area (Å²) < 4.78 is 1.65. The molecule has 0 unspecified atom stereocenters. The zero-order chi connectivity index (χ0) is 17.2. The topological polar surface area (TPSA) is 84.1 Å². The number of anilines is 1. The Labute approximate surface area is 144 Å². The van der Waals surface area contributed by atoms with Crippen LogP contribution in [-0.2, 0) is 6.54 Å². The van der Waals surface area contributed by atoms with Crippen molar-refractivity contribution in [2.45, 2.75) is 25.4 Å². The van der Waals surface area contributed by atoms with E-state index in [9.17, 15) is 9.90 Å². The van der Waals surface area contributed by atoms with E-state index in [1.807, 2.05) is 17.0 Å². The van der Waals surface area contributed by atoms with Crippen LogP contribution in [0.15, 0.2) is 47.7 Å². The van der Waals surface area contributed by atoms with Gasteiger partial charge in [0, 0.05) is 36.6 Å². The van der Waals surface area contributed by atoms with Crippen molar-refractivity contribution in [3.05, 3.63) is 58.8 Å². The zero-order valence-corrected chi connectivity index (χ0v) is 13.7. The molecule has 1 saturated heterocycles. The molecule has 25 heavy (non-hydrogen) atoms. The Balaban J connectivity index is 1.80. The summed E-state index contributed by atoms with van der Waals surface area (Å²) in [6.45, 7) is 1.33. The van der Waals surface area contributed by atoms with Crippen LogP contribution in [0.1, 0.15) is 18.4 Å². The first-order valence-corrected chi connectivity index (χ1v) is 8.39. The molecule has 0 radical (unpaired) electrons. The summed E-state index contributed by atoms with van der Waals surface area (Å²) in [5.74, 6) is 0.568. The van der Waals surface area contributed by atoms with Gasteiger partial charge < -0.3 is 10.0 Å². The lowest BCUT2D eigenvalue weighted by atomic mass is 10.2. The van der Waals surface area contributed by atoms with Crippen LogP contribution in [0.2, 0.25) is 0 Å². The van der Waals surface area contributed by atoms with Gasteiger partial charge in [0.05, 0.1) is 19.2 Å². The molecule has 7 nitrogen and oxygen atoms in total. The van der Waals surface area contributed by atoms with Crippen LogP contribution in [0.4, 0.5) is 5.95 Å². The molecule has 1 atom stereocenters. The molecule has 0 saturated carbocycles. The Morgan fingerprint density at radius 3 is 2.84 bits per heavy atom. The summed E-state index contributed by atoms with van der Waals surface area (Å²) in [6.07, 6.45) is 7.10. The van der Waals surface area contributed by atoms with Gasteiger partial charge in [-0.1, -0.05) is 0 Å². The van der Waals surface area contributed by atoms with Gasteiger partial charge in [0.2, 0.25) is 5.95 Å². The lowest BCUT2D eigenvalue weighted by molar-refractivity contribution is 0.265. The standard InChI is InChI=1S/C18H19N5O2/c24-12-15-2-1-9-22(15)18-20-10-14-3-4-16(25)23(17(14)21-18)11-13-5-7-19-8-6-13/h3-8,10,15,24H,1-2,9,11-12H2/t15-/m0/s1. The zero-order valence-electron chi connectivity index (χ0n) is 13.7. The number of aliphatic hydroxyl groups excluding tert-OH is 1. The van der Waals surface area contributed by atoms with Crippen molar-refractivity contribution in [3.63, 3.8) is 0 Å². The highest BCUT2D eigenvalue weighted by Crippen LogP contribution is 2.23. The molecule has 3 aromatic rings. The largest absolute Gasteiger partial charge is 0.394 e. The summed E-state index contributed by atoms with van der Waals surface area (Å²) >= 11 is 0. The monoisotopic (exact) mass is 337 g/mol. The van der Waals surface area contributed by atoms with Crippen molar-refractivity contribution in [1.29, 1.82) is 0 Å².